The molecule has 0 unspecified atom stereocenters. The fraction of sp³-hybridized carbons (Fsp3) is 0.0222. The zero-order valence-corrected chi connectivity index (χ0v) is 26.0. The summed E-state index contributed by atoms with van der Waals surface area (Å²) < 4.78 is 0. The summed E-state index contributed by atoms with van der Waals surface area (Å²) in [6, 6.07) is 54.2. The van der Waals surface area contributed by atoms with Gasteiger partial charge in [0.05, 0.1) is 23.1 Å². The Labute approximate surface area is 274 Å². The third-order valence-corrected chi connectivity index (χ3v) is 8.97. The van der Waals surface area contributed by atoms with Crippen LogP contribution in [0.15, 0.2) is 157 Å². The van der Waals surface area contributed by atoms with E-state index in [4.69, 9.17) is 11.4 Å². The maximum absolute atomic E-state index is 5.46. The van der Waals surface area contributed by atoms with Crippen LogP contribution in [0.25, 0.3) is 77.1 Å². The van der Waals surface area contributed by atoms with Crippen LogP contribution in [0.3, 0.4) is 0 Å². The van der Waals surface area contributed by atoms with E-state index in [0.29, 0.717) is 0 Å². The van der Waals surface area contributed by atoms with E-state index in [1.54, 1.807) is 0 Å². The third kappa shape index (κ3) is 5.05. The Morgan fingerprint density at radius 3 is 1.74 bits per heavy atom. The van der Waals surface area contributed by atoms with Crippen LogP contribution in [0.5, 0.6) is 0 Å². The molecule has 0 atom stereocenters. The highest BCUT2D eigenvalue weighted by Gasteiger charge is 2.17. The lowest BCUT2D eigenvalue weighted by molar-refractivity contribution is 1.35. The number of benzene rings is 7. The monoisotopic (exact) mass is 598 g/mol. The minimum absolute atomic E-state index is 0.812. The maximum Gasteiger partial charge on any atom is 0.0968 e. The standard InChI is InChI=1S/C45H30N2/c1-3-28-46-44-30(2)18-19-35-25-27-41(47-45(35)44)32-22-20-31(21-23-32)36-24-26-39-40(29-36)43(34-14-8-5-9-15-34)38-17-11-10-16-37(38)42(39)33-12-6-4-7-13-33/h1,4-29H,2H3. The van der Waals surface area contributed by atoms with E-state index in [9.17, 15) is 0 Å². The van der Waals surface area contributed by atoms with E-state index in [1.165, 1.54) is 55.6 Å². The maximum atomic E-state index is 5.46. The van der Waals surface area contributed by atoms with E-state index in [2.05, 4.69) is 163 Å². The predicted molar refractivity (Wildman–Crippen MR) is 200 cm³/mol. The van der Waals surface area contributed by atoms with Crippen LogP contribution >= 0.6 is 0 Å². The molecule has 0 radical (unpaired) electrons. The molecule has 1 aromatic heterocycles. The van der Waals surface area contributed by atoms with Crippen LogP contribution in [0, 0.1) is 19.3 Å². The summed E-state index contributed by atoms with van der Waals surface area (Å²) in [5.74, 6) is 2.50. The number of fused-ring (bicyclic) bond motifs is 3. The molecule has 0 aliphatic carbocycles. The molecular formula is C45H30N2. The van der Waals surface area contributed by atoms with Crippen LogP contribution in [0.2, 0.25) is 0 Å². The molecule has 7 aromatic carbocycles. The van der Waals surface area contributed by atoms with E-state index in [-0.39, 0.29) is 0 Å². The normalized spacial score (nSPS) is 11.4. The number of aryl methyl sites for hydroxylation is 1. The molecule has 0 saturated heterocycles. The van der Waals surface area contributed by atoms with E-state index < -0.39 is 0 Å². The second-order valence-corrected chi connectivity index (χ2v) is 11.8. The summed E-state index contributed by atoms with van der Waals surface area (Å²) in [4.78, 5) is 9.55. The molecule has 2 nitrogen and oxygen atoms in total. The Balaban J connectivity index is 1.28. The second kappa shape index (κ2) is 11.9. The molecular weight excluding hydrogens is 569 g/mol. The van der Waals surface area contributed by atoms with Crippen molar-refractivity contribution in [3.63, 3.8) is 0 Å². The molecule has 0 saturated carbocycles. The number of rotatable bonds is 5. The first kappa shape index (κ1) is 28.2. The molecule has 47 heavy (non-hydrogen) atoms. The summed E-state index contributed by atoms with van der Waals surface area (Å²) in [6.07, 6.45) is 6.95. The molecule has 0 fully saturated rings. The molecule has 0 bridgehead atoms. The molecule has 0 aliphatic heterocycles. The highest BCUT2D eigenvalue weighted by molar-refractivity contribution is 6.22. The van der Waals surface area contributed by atoms with Gasteiger partial charge in [-0.1, -0.05) is 145 Å². The Bertz CT molecular complexity index is 2500. The first-order valence-electron chi connectivity index (χ1n) is 15.8. The number of terminal acetylenes is 1. The number of aliphatic imine (C=N–C) groups is 1. The molecule has 0 N–H and O–H groups in total. The van der Waals surface area contributed by atoms with Gasteiger partial charge in [-0.15, -0.1) is 6.42 Å². The van der Waals surface area contributed by atoms with Crippen LogP contribution < -0.4 is 0 Å². The van der Waals surface area contributed by atoms with E-state index >= 15 is 0 Å². The van der Waals surface area contributed by atoms with Gasteiger partial charge >= 0.3 is 0 Å². The molecule has 8 aromatic rings. The van der Waals surface area contributed by atoms with Crippen LogP contribution in [0.1, 0.15) is 5.56 Å². The summed E-state index contributed by atoms with van der Waals surface area (Å²) >= 11 is 0. The lowest BCUT2D eigenvalue weighted by Crippen LogP contribution is -1.91. The topological polar surface area (TPSA) is 25.2 Å². The summed E-state index contributed by atoms with van der Waals surface area (Å²) in [7, 11) is 0. The molecule has 0 amide bonds. The Kier molecular flexibility index (Phi) is 7.14. The van der Waals surface area contributed by atoms with Crippen molar-refractivity contribution in [2.45, 2.75) is 6.92 Å². The van der Waals surface area contributed by atoms with Gasteiger partial charge in [-0.05, 0) is 79.5 Å². The third-order valence-electron chi connectivity index (χ3n) is 8.97. The van der Waals surface area contributed by atoms with Gasteiger partial charge in [0, 0.05) is 10.9 Å². The van der Waals surface area contributed by atoms with Gasteiger partial charge in [-0.3, -0.25) is 0 Å². The zero-order chi connectivity index (χ0) is 31.7. The second-order valence-electron chi connectivity index (χ2n) is 11.8. The molecule has 220 valence electrons. The van der Waals surface area contributed by atoms with Gasteiger partial charge < -0.3 is 0 Å². The molecule has 1 heterocycles. The summed E-state index contributed by atoms with van der Waals surface area (Å²) in [5.41, 5.74) is 11.9. The van der Waals surface area contributed by atoms with Crippen molar-refractivity contribution in [2.75, 3.05) is 0 Å². The smallest absolute Gasteiger partial charge is 0.0968 e. The van der Waals surface area contributed by atoms with Gasteiger partial charge in [0.2, 0.25) is 0 Å². The quantitative estimate of drug-likeness (QED) is 0.110. The number of pyridine rings is 1. The number of aromatic nitrogens is 1. The molecule has 8 rings (SSSR count). The van der Waals surface area contributed by atoms with Crippen molar-refractivity contribution >= 4 is 44.3 Å². The van der Waals surface area contributed by atoms with Crippen molar-refractivity contribution in [3.8, 4) is 57.0 Å². The number of hydrogen-bond acceptors (Lipinski definition) is 2. The van der Waals surface area contributed by atoms with Gasteiger partial charge in [0.1, 0.15) is 0 Å². The SMILES string of the molecule is C#CC=Nc1c(C)ccc2ccc(-c3ccc(-c4ccc5c(-c6ccccc6)c6ccccc6c(-c6ccccc6)c5c4)cc3)nc12. The average molecular weight is 599 g/mol. The lowest BCUT2D eigenvalue weighted by atomic mass is 9.85. The van der Waals surface area contributed by atoms with Gasteiger partial charge in [0.15, 0.2) is 0 Å². The Morgan fingerprint density at radius 1 is 0.532 bits per heavy atom. The Morgan fingerprint density at radius 2 is 1.09 bits per heavy atom. The van der Waals surface area contributed by atoms with Gasteiger partial charge in [-0.25, -0.2) is 9.98 Å². The summed E-state index contributed by atoms with van der Waals surface area (Å²) in [6.45, 7) is 2.03. The first-order chi connectivity index (χ1) is 23.2. The highest BCUT2D eigenvalue weighted by atomic mass is 14.8. The lowest BCUT2D eigenvalue weighted by Gasteiger charge is -2.18. The fourth-order valence-corrected chi connectivity index (χ4v) is 6.72. The van der Waals surface area contributed by atoms with Crippen LogP contribution in [-0.4, -0.2) is 11.2 Å². The Hall–Kier alpha value is -6.30. The molecule has 2 heteroatoms. The van der Waals surface area contributed by atoms with Crippen molar-refractivity contribution in [1.29, 1.82) is 0 Å². The minimum Gasteiger partial charge on any atom is -0.246 e. The molecule has 0 aliphatic rings. The van der Waals surface area contributed by atoms with E-state index in [0.717, 1.165) is 39.0 Å². The first-order valence-corrected chi connectivity index (χ1v) is 15.8. The minimum atomic E-state index is 0.812. The van der Waals surface area contributed by atoms with Gasteiger partial charge in [-0.2, -0.15) is 0 Å². The average Bonchev–Trinajstić information content (AvgIpc) is 3.13. The van der Waals surface area contributed by atoms with Crippen molar-refractivity contribution in [1.82, 2.24) is 4.98 Å². The van der Waals surface area contributed by atoms with Crippen LogP contribution in [-0.2, 0) is 0 Å². The van der Waals surface area contributed by atoms with Gasteiger partial charge in [0.25, 0.3) is 0 Å². The van der Waals surface area contributed by atoms with Crippen molar-refractivity contribution < 1.29 is 0 Å². The zero-order valence-electron chi connectivity index (χ0n) is 26.0. The number of nitrogens with zero attached hydrogens (tertiary/aromatic N) is 2. The van der Waals surface area contributed by atoms with Crippen molar-refractivity contribution in [2.24, 2.45) is 4.99 Å². The number of hydrogen-bond donors (Lipinski definition) is 0. The van der Waals surface area contributed by atoms with Crippen LogP contribution in [0.4, 0.5) is 5.69 Å². The van der Waals surface area contributed by atoms with E-state index in [1.807, 2.05) is 6.92 Å². The largest absolute Gasteiger partial charge is 0.246 e. The summed E-state index contributed by atoms with van der Waals surface area (Å²) in [5, 5.41) is 6.03. The molecule has 0 spiro atoms. The highest BCUT2D eigenvalue weighted by Crippen LogP contribution is 2.44. The fourth-order valence-electron chi connectivity index (χ4n) is 6.72. The van der Waals surface area contributed by atoms with Crippen molar-refractivity contribution in [3.05, 3.63) is 157 Å². The predicted octanol–water partition coefficient (Wildman–Crippen LogP) is 11.9.